The summed E-state index contributed by atoms with van der Waals surface area (Å²) in [5.74, 6) is 1.62. The second kappa shape index (κ2) is 16.8. The van der Waals surface area contributed by atoms with Gasteiger partial charge in [-0.25, -0.2) is 0 Å². The second-order valence-electron chi connectivity index (χ2n) is 23.3. The van der Waals surface area contributed by atoms with Crippen LogP contribution in [-0.4, -0.2) is 6.71 Å². The molecule has 0 fully saturated rings. The zero-order valence-electron chi connectivity index (χ0n) is 44.9. The van der Waals surface area contributed by atoms with E-state index in [-0.39, 0.29) is 6.71 Å². The van der Waals surface area contributed by atoms with Gasteiger partial charge in [0.25, 0.3) is 6.71 Å². The topological polar surface area (TPSA) is 6.48 Å². The molecule has 4 heteroatoms. The summed E-state index contributed by atoms with van der Waals surface area (Å²) in [6.07, 6.45) is 0. The van der Waals surface area contributed by atoms with Gasteiger partial charge in [0, 0.05) is 43.3 Å². The van der Waals surface area contributed by atoms with Gasteiger partial charge in [-0.05, 0) is 186 Å². The maximum atomic E-state index is 2.65. The quantitative estimate of drug-likeness (QED) is 0.147. The number of hydrogen-bond acceptors (Lipinski definition) is 3. The summed E-state index contributed by atoms with van der Waals surface area (Å²) in [6.45, 7) is 23.1. The number of thiophene rings is 1. The average molecular weight is 987 g/mol. The molecule has 2 aliphatic carbocycles. The van der Waals surface area contributed by atoms with Crippen molar-refractivity contribution in [2.45, 2.75) is 98.3 Å². The van der Waals surface area contributed by atoms with Crippen LogP contribution in [0.15, 0.2) is 176 Å². The van der Waals surface area contributed by atoms with Crippen molar-refractivity contribution < 1.29 is 0 Å². The number of rotatable bonds is 7. The van der Waals surface area contributed by atoms with Gasteiger partial charge in [0.05, 0.1) is 11.1 Å². The molecular weight excluding hydrogens is 924 g/mol. The molecule has 0 unspecified atom stereocenters. The fourth-order valence-electron chi connectivity index (χ4n) is 14.0. The third kappa shape index (κ3) is 6.51. The van der Waals surface area contributed by atoms with Crippen molar-refractivity contribution in [3.63, 3.8) is 0 Å². The molecule has 10 aromatic rings. The molecule has 4 aliphatic rings. The van der Waals surface area contributed by atoms with Gasteiger partial charge in [-0.3, -0.25) is 0 Å². The normalized spacial score (nSPS) is 14.2. The van der Waals surface area contributed by atoms with Crippen LogP contribution in [0.4, 0.5) is 34.1 Å². The lowest BCUT2D eigenvalue weighted by Crippen LogP contribution is -2.60. The summed E-state index contributed by atoms with van der Waals surface area (Å²) in [7, 11) is 0. The summed E-state index contributed by atoms with van der Waals surface area (Å²) in [4.78, 5) is 5.27. The maximum absolute atomic E-state index is 2.65. The Labute approximate surface area is 448 Å². The lowest BCUT2D eigenvalue weighted by atomic mass is 9.36. The van der Waals surface area contributed by atoms with E-state index in [4.69, 9.17) is 0 Å². The van der Waals surface area contributed by atoms with E-state index in [2.05, 4.69) is 255 Å². The first kappa shape index (κ1) is 46.2. The van der Waals surface area contributed by atoms with Crippen molar-refractivity contribution >= 4 is 78.0 Å². The third-order valence-electron chi connectivity index (χ3n) is 17.5. The van der Waals surface area contributed by atoms with Gasteiger partial charge in [-0.1, -0.05) is 182 Å². The predicted molar refractivity (Wildman–Crippen MR) is 323 cm³/mol. The highest BCUT2D eigenvalue weighted by Gasteiger charge is 2.53. The van der Waals surface area contributed by atoms with E-state index in [0.29, 0.717) is 23.7 Å². The molecule has 0 radical (unpaired) electrons. The molecule has 2 nitrogen and oxygen atoms in total. The smallest absolute Gasteiger partial charge is 0.264 e. The Bertz CT molecular complexity index is 3930. The van der Waals surface area contributed by atoms with Crippen LogP contribution < -0.4 is 25.5 Å². The molecular formula is C71H63BN2S. The largest absolute Gasteiger partial charge is 0.311 e. The minimum atomic E-state index is -0.428. The number of benzene rings is 9. The molecule has 9 aromatic carbocycles. The van der Waals surface area contributed by atoms with Gasteiger partial charge in [0.1, 0.15) is 0 Å². The van der Waals surface area contributed by atoms with Crippen molar-refractivity contribution in [2.24, 2.45) is 0 Å². The van der Waals surface area contributed by atoms with Gasteiger partial charge in [0.2, 0.25) is 0 Å². The molecule has 1 spiro atoms. The highest BCUT2D eigenvalue weighted by Crippen LogP contribution is 2.64. The first-order valence-electron chi connectivity index (χ1n) is 27.5. The molecule has 3 heterocycles. The van der Waals surface area contributed by atoms with Gasteiger partial charge < -0.3 is 9.80 Å². The zero-order valence-corrected chi connectivity index (χ0v) is 45.7. The summed E-state index contributed by atoms with van der Waals surface area (Å²) < 4.78 is 2.73. The second-order valence-corrected chi connectivity index (χ2v) is 24.4. The minimum absolute atomic E-state index is 0.000931. The van der Waals surface area contributed by atoms with Gasteiger partial charge in [-0.15, -0.1) is 11.3 Å². The summed E-state index contributed by atoms with van der Waals surface area (Å²) in [6, 6.07) is 69.3. The van der Waals surface area contributed by atoms with Crippen molar-refractivity contribution in [3.05, 3.63) is 232 Å². The fraction of sp³-hybridized carbons (Fsp3) is 0.211. The van der Waals surface area contributed by atoms with E-state index in [1.165, 1.54) is 149 Å². The van der Waals surface area contributed by atoms with Gasteiger partial charge in [-0.2, -0.15) is 0 Å². The first-order chi connectivity index (χ1) is 36.3. The molecule has 0 bridgehead atoms. The van der Waals surface area contributed by atoms with Crippen LogP contribution in [0, 0.1) is 13.8 Å². The number of hydrogen-bond donors (Lipinski definition) is 0. The zero-order chi connectivity index (χ0) is 51.3. The van der Waals surface area contributed by atoms with Crippen LogP contribution in [0.25, 0.3) is 43.5 Å². The monoisotopic (exact) mass is 986 g/mol. The van der Waals surface area contributed by atoms with E-state index >= 15 is 0 Å². The van der Waals surface area contributed by atoms with Crippen molar-refractivity contribution in [3.8, 4) is 33.4 Å². The molecule has 0 amide bonds. The molecule has 0 N–H and O–H groups in total. The van der Waals surface area contributed by atoms with Crippen LogP contribution in [0.3, 0.4) is 0 Å². The highest BCUT2D eigenvalue weighted by atomic mass is 32.1. The van der Waals surface area contributed by atoms with Crippen LogP contribution in [0.2, 0.25) is 0 Å². The average Bonchev–Trinajstić information content (AvgIpc) is 4.23. The molecule has 366 valence electrons. The van der Waals surface area contributed by atoms with Crippen molar-refractivity contribution in [1.82, 2.24) is 0 Å². The molecule has 0 saturated heterocycles. The minimum Gasteiger partial charge on any atom is -0.311 e. The Hall–Kier alpha value is -7.40. The molecule has 14 rings (SSSR count). The van der Waals surface area contributed by atoms with E-state index in [9.17, 15) is 0 Å². The summed E-state index contributed by atoms with van der Waals surface area (Å²) in [5.41, 5.74) is 31.4. The Morgan fingerprint density at radius 1 is 0.440 bits per heavy atom. The predicted octanol–water partition coefficient (Wildman–Crippen LogP) is 18.1. The lowest BCUT2D eigenvalue weighted by molar-refractivity contribution is 0.794. The molecule has 2 aliphatic heterocycles. The van der Waals surface area contributed by atoms with E-state index in [0.717, 1.165) is 0 Å². The van der Waals surface area contributed by atoms with Crippen LogP contribution in [-0.2, 0) is 5.41 Å². The summed E-state index contributed by atoms with van der Waals surface area (Å²) >= 11 is 2.02. The molecule has 75 heavy (non-hydrogen) atoms. The number of aryl methyl sites for hydroxylation is 2. The van der Waals surface area contributed by atoms with Crippen molar-refractivity contribution in [1.29, 1.82) is 0 Å². The number of nitrogens with zero attached hydrogens (tertiary/aromatic N) is 2. The Kier molecular flexibility index (Phi) is 10.3. The summed E-state index contributed by atoms with van der Waals surface area (Å²) in [5, 5.41) is 1.32. The van der Waals surface area contributed by atoms with Crippen LogP contribution in [0.1, 0.15) is 135 Å². The molecule has 1 aromatic heterocycles. The van der Waals surface area contributed by atoms with E-state index in [1.54, 1.807) is 0 Å². The lowest BCUT2D eigenvalue weighted by Gasteiger charge is -2.43. The molecule has 0 atom stereocenters. The van der Waals surface area contributed by atoms with E-state index in [1.807, 2.05) is 11.3 Å². The highest BCUT2D eigenvalue weighted by molar-refractivity contribution is 7.33. The fourth-order valence-corrected chi connectivity index (χ4v) is 15.3. The Morgan fingerprint density at radius 3 is 1.60 bits per heavy atom. The van der Waals surface area contributed by atoms with Gasteiger partial charge in [0.15, 0.2) is 0 Å². The van der Waals surface area contributed by atoms with Gasteiger partial charge >= 0.3 is 0 Å². The van der Waals surface area contributed by atoms with Crippen LogP contribution in [0.5, 0.6) is 0 Å². The number of anilines is 6. The number of fused-ring (bicyclic) bond motifs is 16. The SMILES string of the molecule is Cc1cc2c3c(c1)N(c1ccc(C(C)C)cc1)c1c(sc4cc5c(cc14)-c1ccc(C)cc1C51c4ccccc4-c4ccccc41)B3c1ccc(-c3c(C(C)C)cccc3C(C)C)cc1N2c1ccc(C(C)C)cc1. The van der Waals surface area contributed by atoms with Crippen LogP contribution >= 0.6 is 11.3 Å². The van der Waals surface area contributed by atoms with Crippen molar-refractivity contribution in [2.75, 3.05) is 9.80 Å². The Balaban J connectivity index is 1.09. The first-order valence-corrected chi connectivity index (χ1v) is 28.3. The van der Waals surface area contributed by atoms with E-state index < -0.39 is 5.41 Å². The third-order valence-corrected chi connectivity index (χ3v) is 18.7. The standard InChI is InChI=1S/C71H63BN2S/c1-40(2)46-23-28-49(29-24-46)73-63-37-48(67-51(42(5)6)18-15-19-52(67)43(7)8)27-33-62(63)72-68-64(73)35-45(10)36-65(68)74(50-30-25-47(26-31-50)41(3)4)69-57-38-56-55-32-22-44(9)34-60(55)71(61(56)39-66(57)75-70(69)72)58-20-13-11-16-53(58)54-17-12-14-21-59(54)71/h11-43H,1-10H3. The molecule has 0 saturated carbocycles. The maximum Gasteiger partial charge on any atom is 0.264 e. The Morgan fingerprint density at radius 2 is 1.00 bits per heavy atom.